The molecule has 0 aromatic rings. The Labute approximate surface area is 448 Å². The summed E-state index contributed by atoms with van der Waals surface area (Å²) >= 11 is 0. The van der Waals surface area contributed by atoms with Gasteiger partial charge in [0.2, 0.25) is 5.91 Å². The van der Waals surface area contributed by atoms with Crippen LogP contribution in [0.3, 0.4) is 0 Å². The van der Waals surface area contributed by atoms with E-state index in [4.69, 9.17) is 28.4 Å². The number of hydrogen-bond acceptors (Lipinski definition) is 18. The first-order valence-electron chi connectivity index (χ1n) is 29.1. The minimum absolute atomic E-state index is 0.237. The van der Waals surface area contributed by atoms with E-state index in [1.807, 2.05) is 6.08 Å². The molecule has 3 fully saturated rings. The van der Waals surface area contributed by atoms with Crippen LogP contribution in [0.25, 0.3) is 0 Å². The quantitative estimate of drug-likeness (QED) is 0.0298. The van der Waals surface area contributed by atoms with Crippen molar-refractivity contribution in [1.29, 1.82) is 0 Å². The normalized spacial score (nSPS) is 31.3. The zero-order chi connectivity index (χ0) is 54.8. The molecule has 1 amide bonds. The highest BCUT2D eigenvalue weighted by Crippen LogP contribution is 2.33. The fourth-order valence-electron chi connectivity index (χ4n) is 9.91. The van der Waals surface area contributed by atoms with E-state index in [1.54, 1.807) is 6.08 Å². The number of allylic oxidation sites excluding steroid dienone is 3. The van der Waals surface area contributed by atoms with E-state index in [0.717, 1.165) is 38.5 Å². The van der Waals surface area contributed by atoms with Crippen LogP contribution < -0.4 is 5.32 Å². The van der Waals surface area contributed by atoms with E-state index >= 15 is 0 Å². The molecule has 0 aromatic carbocycles. The Balaban J connectivity index is 1.50. The van der Waals surface area contributed by atoms with Crippen LogP contribution in [0, 0.1) is 0 Å². The predicted octanol–water partition coefficient (Wildman–Crippen LogP) is 4.37. The number of unbranched alkanes of at least 4 members (excludes halogenated alkanes) is 24. The largest absolute Gasteiger partial charge is 0.394 e. The number of carbonyl (C=O) groups excluding carboxylic acids is 1. The summed E-state index contributed by atoms with van der Waals surface area (Å²) in [5.74, 6) is -0.289. The van der Waals surface area contributed by atoms with E-state index in [1.165, 1.54) is 122 Å². The monoisotopic (exact) mass is 1080 g/mol. The van der Waals surface area contributed by atoms with E-state index in [2.05, 4.69) is 31.3 Å². The van der Waals surface area contributed by atoms with Crippen LogP contribution in [0.15, 0.2) is 24.3 Å². The number of aliphatic hydroxyl groups excluding tert-OH is 11. The standard InChI is InChI=1S/C56H103NO18/c1-3-5-7-9-11-13-14-15-16-17-18-19-20-21-22-23-24-26-27-29-31-33-40(61)39(57-44(62)34-32-30-28-25-12-10-8-6-4-2)38-70-54-50(68)47(65)52(42(36-59)72-54)75-56-51(69)48(66)53(43(37-60)73-56)74-55-49(67)46(64)45(63)41(35-58)71-55/h24,26,31,33,39-43,45-56,58-61,63-69H,3-23,25,27-30,32,34-38H2,1-2H3,(H,57,62)/b26-24+,33-31+. The van der Waals surface area contributed by atoms with Crippen molar-refractivity contribution < 1.29 is 89.4 Å². The molecule has 0 spiro atoms. The maximum atomic E-state index is 13.2. The minimum atomic E-state index is -1.98. The molecule has 0 aliphatic carbocycles. The molecule has 3 rings (SSSR count). The molecule has 12 N–H and O–H groups in total. The Kier molecular flexibility index (Phi) is 36.4. The Bertz CT molecular complexity index is 1480. The Morgan fingerprint density at radius 3 is 1.33 bits per heavy atom. The Hall–Kier alpha value is -1.73. The molecule has 0 saturated carbocycles. The first-order valence-corrected chi connectivity index (χ1v) is 29.1. The van der Waals surface area contributed by atoms with Crippen LogP contribution in [0.5, 0.6) is 0 Å². The van der Waals surface area contributed by atoms with Crippen molar-refractivity contribution in [2.24, 2.45) is 0 Å². The number of nitrogens with one attached hydrogen (secondary N) is 1. The van der Waals surface area contributed by atoms with Gasteiger partial charge in [-0.25, -0.2) is 0 Å². The number of aliphatic hydroxyl groups is 11. The molecule has 17 atom stereocenters. The summed E-state index contributed by atoms with van der Waals surface area (Å²) in [5, 5.41) is 120. The average molecular weight is 1080 g/mol. The maximum Gasteiger partial charge on any atom is 0.220 e. The van der Waals surface area contributed by atoms with Crippen LogP contribution in [0.2, 0.25) is 0 Å². The van der Waals surface area contributed by atoms with Crippen LogP contribution in [0.4, 0.5) is 0 Å². The second kappa shape index (κ2) is 40.4. The number of ether oxygens (including phenoxy) is 6. The van der Waals surface area contributed by atoms with Crippen molar-refractivity contribution in [3.63, 3.8) is 0 Å². The molecular formula is C56H103NO18. The van der Waals surface area contributed by atoms with Gasteiger partial charge in [0.05, 0.1) is 38.6 Å². The van der Waals surface area contributed by atoms with Crippen molar-refractivity contribution >= 4 is 5.91 Å². The molecular weight excluding hydrogens is 975 g/mol. The molecule has 3 aliphatic rings. The van der Waals surface area contributed by atoms with E-state index in [-0.39, 0.29) is 18.9 Å². The highest BCUT2D eigenvalue weighted by atomic mass is 16.8. The Morgan fingerprint density at radius 2 is 0.853 bits per heavy atom. The van der Waals surface area contributed by atoms with Gasteiger partial charge in [0.25, 0.3) is 0 Å². The summed E-state index contributed by atoms with van der Waals surface area (Å²) in [5.41, 5.74) is 0. The van der Waals surface area contributed by atoms with Crippen molar-refractivity contribution in [2.75, 3.05) is 26.4 Å². The average Bonchev–Trinajstić information content (AvgIpc) is 3.41. The number of rotatable bonds is 42. The fraction of sp³-hybridized carbons (Fsp3) is 0.911. The van der Waals surface area contributed by atoms with Gasteiger partial charge in [-0.15, -0.1) is 0 Å². The summed E-state index contributed by atoms with van der Waals surface area (Å²) < 4.78 is 34.1. The summed E-state index contributed by atoms with van der Waals surface area (Å²) in [6.07, 6.45) is 13.3. The van der Waals surface area contributed by atoms with Gasteiger partial charge in [-0.05, 0) is 32.1 Å². The molecule has 3 heterocycles. The molecule has 0 bridgehead atoms. The van der Waals surface area contributed by atoms with Crippen molar-refractivity contribution in [2.45, 2.75) is 298 Å². The van der Waals surface area contributed by atoms with Gasteiger partial charge in [-0.1, -0.05) is 179 Å². The van der Waals surface area contributed by atoms with Gasteiger partial charge in [-0.2, -0.15) is 0 Å². The SMILES string of the molecule is CCCCCCCCCCCCCCCCC/C=C/CC/C=C/C(O)C(COC1OC(CO)C(OC2OC(CO)C(OC3OC(CO)C(O)C(O)C3O)C(O)C2O)C(O)C1O)NC(=O)CCCCCCCCCCC. The first-order chi connectivity index (χ1) is 36.3. The van der Waals surface area contributed by atoms with Crippen LogP contribution in [-0.2, 0) is 33.2 Å². The lowest BCUT2D eigenvalue weighted by Gasteiger charge is -2.48. The van der Waals surface area contributed by atoms with Crippen LogP contribution in [0.1, 0.15) is 194 Å². The third-order valence-corrected chi connectivity index (χ3v) is 14.8. The Morgan fingerprint density at radius 1 is 0.467 bits per heavy atom. The molecule has 440 valence electrons. The van der Waals surface area contributed by atoms with Gasteiger partial charge in [-0.3, -0.25) is 4.79 Å². The van der Waals surface area contributed by atoms with Crippen molar-refractivity contribution in [3.8, 4) is 0 Å². The molecule has 3 aliphatic heterocycles. The second-order valence-corrected chi connectivity index (χ2v) is 21.1. The summed E-state index contributed by atoms with van der Waals surface area (Å²) in [7, 11) is 0. The third kappa shape index (κ3) is 25.1. The van der Waals surface area contributed by atoms with Gasteiger partial charge in [0.15, 0.2) is 18.9 Å². The third-order valence-electron chi connectivity index (χ3n) is 14.8. The molecule has 17 unspecified atom stereocenters. The lowest BCUT2D eigenvalue weighted by atomic mass is 9.96. The molecule has 3 saturated heterocycles. The number of hydrogen-bond donors (Lipinski definition) is 12. The van der Waals surface area contributed by atoms with Crippen LogP contribution in [-0.4, -0.2) is 193 Å². The van der Waals surface area contributed by atoms with Crippen LogP contribution >= 0.6 is 0 Å². The van der Waals surface area contributed by atoms with Gasteiger partial charge >= 0.3 is 0 Å². The van der Waals surface area contributed by atoms with Gasteiger partial charge in [0, 0.05) is 6.42 Å². The summed E-state index contributed by atoms with van der Waals surface area (Å²) in [6.45, 7) is 1.67. The van der Waals surface area contributed by atoms with E-state index in [9.17, 15) is 61.0 Å². The van der Waals surface area contributed by atoms with Crippen molar-refractivity contribution in [1.82, 2.24) is 5.32 Å². The lowest BCUT2D eigenvalue weighted by Crippen LogP contribution is -2.66. The van der Waals surface area contributed by atoms with Gasteiger partial charge < -0.3 is 89.9 Å². The fourth-order valence-corrected chi connectivity index (χ4v) is 9.91. The molecule has 0 aromatic heterocycles. The predicted molar refractivity (Wildman–Crippen MR) is 282 cm³/mol. The smallest absolute Gasteiger partial charge is 0.220 e. The zero-order valence-electron chi connectivity index (χ0n) is 45.5. The second-order valence-electron chi connectivity index (χ2n) is 21.1. The summed E-state index contributed by atoms with van der Waals surface area (Å²) in [6, 6.07) is -0.983. The lowest BCUT2D eigenvalue weighted by molar-refractivity contribution is -0.379. The highest BCUT2D eigenvalue weighted by Gasteiger charge is 2.53. The zero-order valence-corrected chi connectivity index (χ0v) is 45.5. The van der Waals surface area contributed by atoms with E-state index in [0.29, 0.717) is 12.8 Å². The summed E-state index contributed by atoms with van der Waals surface area (Å²) in [4.78, 5) is 13.2. The molecule has 19 nitrogen and oxygen atoms in total. The molecule has 0 radical (unpaired) electrons. The molecule has 19 heteroatoms. The highest BCUT2D eigenvalue weighted by molar-refractivity contribution is 5.76. The topological polar surface area (TPSA) is 307 Å². The molecule has 75 heavy (non-hydrogen) atoms. The van der Waals surface area contributed by atoms with E-state index < -0.39 is 124 Å². The number of amides is 1. The number of carbonyl (C=O) groups is 1. The van der Waals surface area contributed by atoms with Crippen molar-refractivity contribution in [3.05, 3.63) is 24.3 Å². The maximum absolute atomic E-state index is 13.2. The van der Waals surface area contributed by atoms with Gasteiger partial charge in [0.1, 0.15) is 73.2 Å². The first kappa shape index (κ1) is 67.5. The minimum Gasteiger partial charge on any atom is -0.394 e.